The molecule has 2 aromatic rings. The highest BCUT2D eigenvalue weighted by Crippen LogP contribution is 2.54. The number of rotatable bonds is 6. The maximum absolute atomic E-state index is 13.8. The van der Waals surface area contributed by atoms with Crippen LogP contribution in [0.2, 0.25) is 5.02 Å². The van der Waals surface area contributed by atoms with Crippen LogP contribution in [0.3, 0.4) is 0 Å². The molecule has 4 atom stereocenters. The molecule has 5 rings (SSSR count). The van der Waals surface area contributed by atoms with Crippen molar-refractivity contribution in [2.45, 2.75) is 31.0 Å². The Bertz CT molecular complexity index is 1230. The number of carbonyl (C=O) groups excluding carboxylic acids is 4. The number of likely N-dealkylation sites (tertiary alicyclic amines) is 1. The fourth-order valence-electron chi connectivity index (χ4n) is 5.54. The van der Waals surface area contributed by atoms with Crippen molar-refractivity contribution >= 4 is 40.9 Å². The number of ether oxygens (including phenoxy) is 1. The van der Waals surface area contributed by atoms with Gasteiger partial charge in [-0.25, -0.2) is 0 Å². The Morgan fingerprint density at radius 1 is 1.18 bits per heavy atom. The monoisotopic (exact) mass is 482 g/mol. The summed E-state index contributed by atoms with van der Waals surface area (Å²) in [6.07, 6.45) is 0.220. The van der Waals surface area contributed by atoms with Crippen molar-refractivity contribution in [2.75, 3.05) is 12.4 Å². The van der Waals surface area contributed by atoms with E-state index in [0.29, 0.717) is 27.6 Å². The van der Waals surface area contributed by atoms with Gasteiger partial charge in [0.15, 0.2) is 0 Å². The Labute approximate surface area is 200 Å². The van der Waals surface area contributed by atoms with E-state index < -0.39 is 47.0 Å². The summed E-state index contributed by atoms with van der Waals surface area (Å²) in [5, 5.41) is 6.47. The molecule has 0 bridgehead atoms. The van der Waals surface area contributed by atoms with Crippen LogP contribution in [0.1, 0.15) is 24.0 Å². The number of amides is 4. The maximum atomic E-state index is 13.8. The first kappa shape index (κ1) is 22.4. The zero-order valence-electron chi connectivity index (χ0n) is 18.3. The second-order valence-corrected chi connectivity index (χ2v) is 9.22. The fourth-order valence-corrected chi connectivity index (χ4v) is 5.71. The van der Waals surface area contributed by atoms with Gasteiger partial charge in [-0.15, -0.1) is 0 Å². The van der Waals surface area contributed by atoms with E-state index >= 15 is 0 Å². The summed E-state index contributed by atoms with van der Waals surface area (Å²) in [5.74, 6) is -3.09. The van der Waals surface area contributed by atoms with E-state index in [4.69, 9.17) is 22.1 Å². The van der Waals surface area contributed by atoms with Crippen LogP contribution in [-0.4, -0.2) is 41.7 Å². The molecule has 1 spiro atoms. The van der Waals surface area contributed by atoms with Crippen molar-refractivity contribution in [3.8, 4) is 5.75 Å². The first-order valence-corrected chi connectivity index (χ1v) is 11.3. The van der Waals surface area contributed by atoms with Crippen molar-refractivity contribution in [1.29, 1.82) is 0 Å². The summed E-state index contributed by atoms with van der Waals surface area (Å²) < 4.78 is 5.38. The number of primary amides is 1. The lowest BCUT2D eigenvalue weighted by Gasteiger charge is -2.29. The van der Waals surface area contributed by atoms with Crippen LogP contribution >= 0.6 is 11.6 Å². The molecule has 4 N–H and O–H groups in total. The molecule has 2 fully saturated rings. The van der Waals surface area contributed by atoms with Crippen LogP contribution in [-0.2, 0) is 31.3 Å². The normalized spacial score (nSPS) is 27.2. The van der Waals surface area contributed by atoms with Crippen molar-refractivity contribution in [3.63, 3.8) is 0 Å². The molecule has 34 heavy (non-hydrogen) atoms. The van der Waals surface area contributed by atoms with Crippen LogP contribution in [0.4, 0.5) is 5.69 Å². The minimum atomic E-state index is -1.48. The lowest BCUT2D eigenvalue weighted by atomic mass is 9.76. The molecule has 4 amide bonds. The summed E-state index contributed by atoms with van der Waals surface area (Å²) >= 11 is 6.24. The van der Waals surface area contributed by atoms with E-state index in [1.165, 1.54) is 12.0 Å². The molecule has 3 heterocycles. The molecule has 10 heteroatoms. The third-order valence-corrected chi connectivity index (χ3v) is 7.23. The summed E-state index contributed by atoms with van der Waals surface area (Å²) in [5.41, 5.74) is 5.59. The number of benzene rings is 2. The van der Waals surface area contributed by atoms with Crippen molar-refractivity contribution in [2.24, 2.45) is 17.6 Å². The highest BCUT2D eigenvalue weighted by atomic mass is 35.5. The SMILES string of the molecule is COc1ccccc1CN1C(=O)C2C(CCC(N)=O)N[C@]3(C(=O)Nc4ccc(Cl)cc43)C2C1=O. The molecule has 0 aromatic heterocycles. The molecule has 0 radical (unpaired) electrons. The summed E-state index contributed by atoms with van der Waals surface area (Å²) in [7, 11) is 1.52. The fraction of sp³-hybridized carbons (Fsp3) is 0.333. The van der Waals surface area contributed by atoms with Crippen LogP contribution in [0, 0.1) is 11.8 Å². The molecule has 0 aliphatic carbocycles. The highest BCUT2D eigenvalue weighted by Gasteiger charge is 2.70. The molecule has 2 saturated heterocycles. The second-order valence-electron chi connectivity index (χ2n) is 8.79. The standard InChI is InChI=1S/C24H23ClN4O5/c1-34-17-5-3-2-4-12(17)11-29-21(31)19-16(8-9-18(26)30)28-24(20(19)22(29)32)14-10-13(25)6-7-15(14)27-23(24)33/h2-7,10,16,19-20,28H,8-9,11H2,1H3,(H2,26,30)(H,27,33)/t16?,19?,20?,24-/m0/s1. The smallest absolute Gasteiger partial charge is 0.250 e. The van der Waals surface area contributed by atoms with Gasteiger partial charge in [0, 0.05) is 34.3 Å². The van der Waals surface area contributed by atoms with Gasteiger partial charge in [0.1, 0.15) is 11.3 Å². The number of hydrogen-bond donors (Lipinski definition) is 3. The number of fused-ring (bicyclic) bond motifs is 4. The van der Waals surface area contributed by atoms with Gasteiger partial charge < -0.3 is 15.8 Å². The number of nitrogens with two attached hydrogens (primary N) is 1. The number of imide groups is 1. The van der Waals surface area contributed by atoms with Gasteiger partial charge in [-0.3, -0.25) is 29.4 Å². The van der Waals surface area contributed by atoms with E-state index in [2.05, 4.69) is 10.6 Å². The molecule has 0 saturated carbocycles. The van der Waals surface area contributed by atoms with Crippen molar-refractivity contribution in [1.82, 2.24) is 10.2 Å². The number of carbonyl (C=O) groups is 4. The number of nitrogens with one attached hydrogen (secondary N) is 2. The minimum Gasteiger partial charge on any atom is -0.496 e. The minimum absolute atomic E-state index is 0.00890. The van der Waals surface area contributed by atoms with Crippen LogP contribution in [0.5, 0.6) is 5.75 Å². The zero-order valence-corrected chi connectivity index (χ0v) is 19.1. The first-order valence-electron chi connectivity index (χ1n) is 10.9. The second kappa shape index (κ2) is 8.11. The largest absolute Gasteiger partial charge is 0.496 e. The molecule has 2 aromatic carbocycles. The number of anilines is 1. The van der Waals surface area contributed by atoms with E-state index in [9.17, 15) is 19.2 Å². The average Bonchev–Trinajstić information content (AvgIpc) is 3.39. The van der Waals surface area contributed by atoms with E-state index in [0.717, 1.165) is 0 Å². The first-order chi connectivity index (χ1) is 16.3. The van der Waals surface area contributed by atoms with E-state index in [1.54, 1.807) is 42.5 Å². The number of methoxy groups -OCH3 is 1. The predicted octanol–water partition coefficient (Wildman–Crippen LogP) is 1.53. The Hall–Kier alpha value is -3.43. The van der Waals surface area contributed by atoms with Gasteiger partial charge >= 0.3 is 0 Å². The van der Waals surface area contributed by atoms with Gasteiger partial charge in [0.2, 0.25) is 23.6 Å². The highest BCUT2D eigenvalue weighted by molar-refractivity contribution is 6.31. The third kappa shape index (κ3) is 3.19. The topological polar surface area (TPSA) is 131 Å². The number of hydrogen-bond acceptors (Lipinski definition) is 6. The molecular weight excluding hydrogens is 460 g/mol. The van der Waals surface area contributed by atoms with Gasteiger partial charge in [0.05, 0.1) is 25.5 Å². The quantitative estimate of drug-likeness (QED) is 0.535. The molecule has 3 aliphatic rings. The average molecular weight is 483 g/mol. The van der Waals surface area contributed by atoms with E-state index in [1.807, 2.05) is 0 Å². The predicted molar refractivity (Wildman–Crippen MR) is 123 cm³/mol. The third-order valence-electron chi connectivity index (χ3n) is 6.99. The number of halogens is 1. The number of para-hydroxylation sites is 1. The maximum Gasteiger partial charge on any atom is 0.250 e. The molecule has 3 aliphatic heterocycles. The Kier molecular flexibility index (Phi) is 5.33. The van der Waals surface area contributed by atoms with Crippen molar-refractivity contribution in [3.05, 3.63) is 58.6 Å². The van der Waals surface area contributed by atoms with Gasteiger partial charge in [-0.2, -0.15) is 0 Å². The van der Waals surface area contributed by atoms with Gasteiger partial charge in [-0.05, 0) is 30.7 Å². The van der Waals surface area contributed by atoms with Gasteiger partial charge in [0.25, 0.3) is 0 Å². The summed E-state index contributed by atoms with van der Waals surface area (Å²) in [6, 6.07) is 11.5. The zero-order chi connectivity index (χ0) is 24.2. The Morgan fingerprint density at radius 3 is 2.68 bits per heavy atom. The summed E-state index contributed by atoms with van der Waals surface area (Å²) in [4.78, 5) is 53.5. The van der Waals surface area contributed by atoms with Gasteiger partial charge in [-0.1, -0.05) is 29.8 Å². The molecule has 9 nitrogen and oxygen atoms in total. The molecular formula is C24H23ClN4O5. The Balaban J connectivity index is 1.59. The number of nitrogens with zero attached hydrogens (tertiary/aromatic N) is 1. The van der Waals surface area contributed by atoms with Crippen LogP contribution in [0.15, 0.2) is 42.5 Å². The van der Waals surface area contributed by atoms with Crippen LogP contribution < -0.4 is 21.1 Å². The lowest BCUT2D eigenvalue weighted by Crippen LogP contribution is -2.53. The lowest BCUT2D eigenvalue weighted by molar-refractivity contribution is -0.143. The van der Waals surface area contributed by atoms with Crippen molar-refractivity contribution < 1.29 is 23.9 Å². The Morgan fingerprint density at radius 2 is 1.94 bits per heavy atom. The summed E-state index contributed by atoms with van der Waals surface area (Å²) in [6.45, 7) is 0.0112. The molecule has 176 valence electrons. The van der Waals surface area contributed by atoms with Crippen LogP contribution in [0.25, 0.3) is 0 Å². The van der Waals surface area contributed by atoms with E-state index in [-0.39, 0.29) is 19.4 Å². The molecule has 3 unspecified atom stereocenters.